The van der Waals surface area contributed by atoms with E-state index in [2.05, 4.69) is 61.1 Å². The molecule has 8 N–H and O–H groups in total. The minimum atomic E-state index is -1.68. The van der Waals surface area contributed by atoms with E-state index in [-0.39, 0.29) is 39.9 Å². The molecule has 2 saturated heterocycles. The van der Waals surface area contributed by atoms with Crippen molar-refractivity contribution in [1.29, 1.82) is 0 Å². The molecule has 2 heterocycles. The van der Waals surface area contributed by atoms with Gasteiger partial charge in [-0.3, -0.25) is 0 Å². The van der Waals surface area contributed by atoms with Crippen LogP contribution in [0.5, 0.6) is 0 Å². The van der Waals surface area contributed by atoms with Crippen LogP contribution in [0.3, 0.4) is 0 Å². The fourth-order valence-electron chi connectivity index (χ4n) is 13.0. The Hall–Kier alpha value is -1.00. The minimum Gasteiger partial charge on any atom is -0.394 e. The zero-order valence-corrected chi connectivity index (χ0v) is 33.7. The van der Waals surface area contributed by atoms with Gasteiger partial charge in [0.1, 0.15) is 42.7 Å². The van der Waals surface area contributed by atoms with E-state index in [4.69, 9.17) is 18.9 Å². The maximum absolute atomic E-state index is 12.2. The molecule has 0 unspecified atom stereocenters. The topological polar surface area (TPSA) is 199 Å². The highest BCUT2D eigenvalue weighted by molar-refractivity contribution is 5.24. The molecule has 310 valence electrons. The Balaban J connectivity index is 1.37. The van der Waals surface area contributed by atoms with E-state index in [1.54, 1.807) is 0 Å². The van der Waals surface area contributed by atoms with Gasteiger partial charge in [0, 0.05) is 0 Å². The van der Waals surface area contributed by atoms with E-state index < -0.39 is 91.7 Å². The van der Waals surface area contributed by atoms with Crippen molar-refractivity contribution >= 4 is 0 Å². The molecule has 54 heavy (non-hydrogen) atoms. The fourth-order valence-corrected chi connectivity index (χ4v) is 13.0. The van der Waals surface area contributed by atoms with Gasteiger partial charge in [-0.25, -0.2) is 0 Å². The Labute approximate surface area is 321 Å². The van der Waals surface area contributed by atoms with Crippen molar-refractivity contribution in [3.05, 3.63) is 23.8 Å². The Kier molecular flexibility index (Phi) is 12.1. The first-order chi connectivity index (χ1) is 25.1. The van der Waals surface area contributed by atoms with E-state index >= 15 is 0 Å². The lowest BCUT2D eigenvalue weighted by molar-refractivity contribution is -0.381. The van der Waals surface area contributed by atoms with Crippen molar-refractivity contribution in [3.63, 3.8) is 0 Å². The van der Waals surface area contributed by atoms with Gasteiger partial charge < -0.3 is 59.8 Å². The second kappa shape index (κ2) is 15.3. The quantitative estimate of drug-likeness (QED) is 0.126. The van der Waals surface area contributed by atoms with E-state index in [9.17, 15) is 40.9 Å². The maximum Gasteiger partial charge on any atom is 0.187 e. The van der Waals surface area contributed by atoms with E-state index in [1.165, 1.54) is 18.1 Å². The van der Waals surface area contributed by atoms with Crippen LogP contribution in [-0.4, -0.2) is 127 Å². The van der Waals surface area contributed by atoms with Gasteiger partial charge in [-0.15, -0.1) is 0 Å². The molecule has 4 saturated carbocycles. The maximum atomic E-state index is 12.2. The van der Waals surface area contributed by atoms with Crippen molar-refractivity contribution in [1.82, 2.24) is 0 Å². The predicted octanol–water partition coefficient (Wildman–Crippen LogP) is 2.95. The predicted molar refractivity (Wildman–Crippen MR) is 199 cm³/mol. The van der Waals surface area contributed by atoms with Gasteiger partial charge in [0.2, 0.25) is 0 Å². The van der Waals surface area contributed by atoms with Crippen LogP contribution in [0.1, 0.15) is 107 Å². The van der Waals surface area contributed by atoms with Gasteiger partial charge >= 0.3 is 0 Å². The first-order valence-electron chi connectivity index (χ1n) is 20.4. The molecule has 0 bridgehead atoms. The molecular formula is C42H70O12. The number of aliphatic hydroxyl groups is 8. The first-order valence-corrected chi connectivity index (χ1v) is 20.4. The Bertz CT molecular complexity index is 1380. The number of ether oxygens (including phenoxy) is 4. The molecule has 0 aromatic heterocycles. The summed E-state index contributed by atoms with van der Waals surface area (Å²) in [5, 5.41) is 88.2. The molecule has 0 aromatic carbocycles. The van der Waals surface area contributed by atoms with Crippen LogP contribution in [0.4, 0.5) is 0 Å². The summed E-state index contributed by atoms with van der Waals surface area (Å²) in [6.07, 6.45) is -7.55. The highest BCUT2D eigenvalue weighted by Gasteiger charge is 2.73. The smallest absolute Gasteiger partial charge is 0.187 e. The van der Waals surface area contributed by atoms with E-state index in [0.29, 0.717) is 19.3 Å². The Morgan fingerprint density at radius 2 is 1.50 bits per heavy atom. The Morgan fingerprint density at radius 1 is 0.815 bits per heavy atom. The molecular weight excluding hydrogens is 696 g/mol. The number of hydrogen-bond donors (Lipinski definition) is 8. The van der Waals surface area contributed by atoms with Gasteiger partial charge in [0.05, 0.1) is 31.0 Å². The van der Waals surface area contributed by atoms with Crippen molar-refractivity contribution in [2.45, 2.75) is 186 Å². The molecule has 6 aliphatic rings. The standard InChI is InChI=1S/C42H70O12/c1-20(2)11-10-12-21(3)23-13-16-41(8)29(23)24(44)17-27-40(7)15-14-28(45)39(5,6)36(40)25(18-42(27,41)9)52-38-35(33(49)31(47)26(19-43)53-38)54-37-34(50)32(48)30(46)22(4)51-37/h11,22-38,43-50H,3,10,12-19H2,1-2,4-9H3/t22-,23+,24+,25-,26+,27+,28-,29-,30-,31+,32+,33-,34+,35+,36-,37-,38+,40+,41+,42+/m1/s1. The van der Waals surface area contributed by atoms with Gasteiger partial charge in [0.15, 0.2) is 12.6 Å². The molecule has 12 heteroatoms. The zero-order valence-electron chi connectivity index (χ0n) is 33.7. The summed E-state index contributed by atoms with van der Waals surface area (Å²) in [4.78, 5) is 0. The van der Waals surface area contributed by atoms with Crippen LogP contribution < -0.4 is 0 Å². The second-order valence-corrected chi connectivity index (χ2v) is 19.6. The molecule has 12 nitrogen and oxygen atoms in total. The van der Waals surface area contributed by atoms with Gasteiger partial charge in [-0.1, -0.05) is 58.4 Å². The zero-order chi connectivity index (χ0) is 39.9. The summed E-state index contributed by atoms with van der Waals surface area (Å²) in [7, 11) is 0. The molecule has 0 spiro atoms. The van der Waals surface area contributed by atoms with Gasteiger partial charge in [-0.05, 0) is 117 Å². The second-order valence-electron chi connectivity index (χ2n) is 19.6. The Morgan fingerprint density at radius 3 is 2.15 bits per heavy atom. The number of hydrogen-bond acceptors (Lipinski definition) is 12. The summed E-state index contributed by atoms with van der Waals surface area (Å²) >= 11 is 0. The van der Waals surface area contributed by atoms with Crippen molar-refractivity contribution in [2.24, 2.45) is 45.3 Å². The van der Waals surface area contributed by atoms with Crippen LogP contribution in [0.25, 0.3) is 0 Å². The molecule has 0 radical (unpaired) electrons. The molecule has 0 aromatic rings. The molecule has 6 fully saturated rings. The highest BCUT2D eigenvalue weighted by atomic mass is 16.8. The van der Waals surface area contributed by atoms with Crippen molar-refractivity contribution in [3.8, 4) is 0 Å². The highest BCUT2D eigenvalue weighted by Crippen LogP contribution is 2.76. The van der Waals surface area contributed by atoms with Crippen LogP contribution in [0.15, 0.2) is 23.8 Å². The number of fused-ring (bicyclic) bond motifs is 5. The van der Waals surface area contributed by atoms with Crippen LogP contribution >= 0.6 is 0 Å². The molecule has 2 aliphatic heterocycles. The van der Waals surface area contributed by atoms with Crippen LogP contribution in [0, 0.1) is 45.3 Å². The van der Waals surface area contributed by atoms with E-state index in [0.717, 1.165) is 32.1 Å². The monoisotopic (exact) mass is 766 g/mol. The fraction of sp³-hybridized carbons (Fsp3) is 0.905. The molecule has 6 rings (SSSR count). The van der Waals surface area contributed by atoms with E-state index in [1.807, 2.05) is 0 Å². The average Bonchev–Trinajstić information content (AvgIpc) is 3.48. The lowest BCUT2D eigenvalue weighted by Crippen LogP contribution is -2.71. The summed E-state index contributed by atoms with van der Waals surface area (Å²) < 4.78 is 25.2. The summed E-state index contributed by atoms with van der Waals surface area (Å²) in [5.74, 6) is 0.0623. The van der Waals surface area contributed by atoms with Crippen LogP contribution in [0.2, 0.25) is 0 Å². The summed E-state index contributed by atoms with van der Waals surface area (Å²) in [6.45, 7) is 20.8. The third-order valence-corrected chi connectivity index (χ3v) is 16.0. The SMILES string of the molecule is C=C(CCC=C(C)C)[C@@H]1CC[C@@]2(C)[C@H]1[C@@H](O)C[C@H]1[C@]3(C)CC[C@@H](O)C(C)(C)[C@H]3[C@H](O[C@H]3O[C@@H](CO)[C@H](O)[C@@H](O)[C@@H]3O[C@H]3O[C@H](C)[C@@H](O)[C@H](O)[C@@H]3O)C[C@@]12C. The third kappa shape index (κ3) is 6.79. The third-order valence-electron chi connectivity index (χ3n) is 16.0. The molecule has 4 aliphatic carbocycles. The molecule has 0 amide bonds. The normalized spacial score (nSPS) is 52.9. The first kappa shape index (κ1) is 42.6. The van der Waals surface area contributed by atoms with Crippen molar-refractivity contribution < 1.29 is 59.8 Å². The van der Waals surface area contributed by atoms with Gasteiger partial charge in [0.25, 0.3) is 0 Å². The number of aliphatic hydroxyl groups excluding tert-OH is 8. The average molecular weight is 767 g/mol. The number of rotatable bonds is 9. The van der Waals surface area contributed by atoms with Crippen LogP contribution in [-0.2, 0) is 18.9 Å². The summed E-state index contributed by atoms with van der Waals surface area (Å²) in [5.41, 5.74) is 0.837. The lowest BCUT2D eigenvalue weighted by Gasteiger charge is -2.72. The van der Waals surface area contributed by atoms with Gasteiger partial charge in [-0.2, -0.15) is 0 Å². The molecule has 20 atom stereocenters. The lowest BCUT2D eigenvalue weighted by atomic mass is 9.34. The summed E-state index contributed by atoms with van der Waals surface area (Å²) in [6, 6.07) is 0. The van der Waals surface area contributed by atoms with Crippen molar-refractivity contribution in [2.75, 3.05) is 6.61 Å². The minimum absolute atomic E-state index is 0.00685. The number of allylic oxidation sites excluding steroid dienone is 3. The largest absolute Gasteiger partial charge is 0.394 e.